The van der Waals surface area contributed by atoms with E-state index in [2.05, 4.69) is 27.2 Å². The fourth-order valence-electron chi connectivity index (χ4n) is 4.20. The molecule has 1 N–H and O–H groups in total. The molecule has 0 bridgehead atoms. The molecule has 2 aromatic rings. The van der Waals surface area contributed by atoms with Crippen LogP contribution in [0.3, 0.4) is 0 Å². The summed E-state index contributed by atoms with van der Waals surface area (Å²) in [7, 11) is 0. The molecular formula is C22H29ClN4O2. The van der Waals surface area contributed by atoms with Gasteiger partial charge >= 0.3 is 6.03 Å². The van der Waals surface area contributed by atoms with Gasteiger partial charge in [-0.2, -0.15) is 0 Å². The molecule has 7 heteroatoms. The van der Waals surface area contributed by atoms with Gasteiger partial charge in [-0.05, 0) is 55.8 Å². The lowest BCUT2D eigenvalue weighted by Crippen LogP contribution is -2.52. The van der Waals surface area contributed by atoms with Crippen molar-refractivity contribution in [3.8, 4) is 0 Å². The highest BCUT2D eigenvalue weighted by Crippen LogP contribution is 2.25. The van der Waals surface area contributed by atoms with Crippen molar-refractivity contribution in [2.75, 3.05) is 45.8 Å². The number of carbonyl (C=O) groups excluding carboxylic acids is 1. The number of carbonyl (C=O) groups is 1. The second kappa shape index (κ2) is 9.65. The van der Waals surface area contributed by atoms with Gasteiger partial charge in [-0.25, -0.2) is 4.79 Å². The van der Waals surface area contributed by atoms with E-state index in [1.54, 1.807) is 6.26 Å². The summed E-state index contributed by atoms with van der Waals surface area (Å²) in [4.78, 5) is 19.4. The number of benzene rings is 1. The number of rotatable bonds is 6. The van der Waals surface area contributed by atoms with Gasteiger partial charge in [0.25, 0.3) is 0 Å². The first-order valence-electron chi connectivity index (χ1n) is 10.5. The summed E-state index contributed by atoms with van der Waals surface area (Å²) in [5.74, 6) is 0.931. The SMILES string of the molecule is O=C(NC[C@H](c1ccco1)N1CCCC1)N1CCN(Cc2ccc(Cl)cc2)CC1. The molecule has 6 nitrogen and oxygen atoms in total. The quantitative estimate of drug-likeness (QED) is 0.781. The predicted octanol–water partition coefficient (Wildman–Crippen LogP) is 3.60. The van der Waals surface area contributed by atoms with E-state index in [9.17, 15) is 4.79 Å². The number of nitrogens with zero attached hydrogens (tertiary/aromatic N) is 3. The molecule has 29 heavy (non-hydrogen) atoms. The fraction of sp³-hybridized carbons (Fsp3) is 0.500. The molecule has 2 saturated heterocycles. The van der Waals surface area contributed by atoms with E-state index in [4.69, 9.17) is 16.0 Å². The smallest absolute Gasteiger partial charge is 0.317 e. The minimum atomic E-state index is 0.0203. The molecule has 1 aromatic heterocycles. The predicted molar refractivity (Wildman–Crippen MR) is 114 cm³/mol. The highest BCUT2D eigenvalue weighted by atomic mass is 35.5. The van der Waals surface area contributed by atoms with E-state index in [0.29, 0.717) is 6.54 Å². The van der Waals surface area contributed by atoms with Crippen LogP contribution in [-0.4, -0.2) is 66.5 Å². The first kappa shape index (κ1) is 20.3. The van der Waals surface area contributed by atoms with Crippen molar-refractivity contribution in [2.24, 2.45) is 0 Å². The molecule has 0 aliphatic carbocycles. The maximum absolute atomic E-state index is 12.7. The Morgan fingerprint density at radius 3 is 2.41 bits per heavy atom. The molecule has 2 aliphatic heterocycles. The Balaban J connectivity index is 1.25. The minimum absolute atomic E-state index is 0.0203. The van der Waals surface area contributed by atoms with E-state index in [0.717, 1.165) is 56.6 Å². The van der Waals surface area contributed by atoms with Crippen LogP contribution in [0.4, 0.5) is 4.79 Å². The van der Waals surface area contributed by atoms with E-state index in [-0.39, 0.29) is 12.1 Å². The summed E-state index contributed by atoms with van der Waals surface area (Å²) in [5.41, 5.74) is 1.25. The van der Waals surface area contributed by atoms with Crippen LogP contribution in [0.1, 0.15) is 30.2 Å². The zero-order valence-electron chi connectivity index (χ0n) is 16.7. The molecule has 0 radical (unpaired) electrons. The molecular weight excluding hydrogens is 388 g/mol. The highest BCUT2D eigenvalue weighted by Gasteiger charge is 2.27. The first-order valence-corrected chi connectivity index (χ1v) is 10.8. The summed E-state index contributed by atoms with van der Waals surface area (Å²) in [6.45, 7) is 6.84. The summed E-state index contributed by atoms with van der Waals surface area (Å²) in [6.07, 6.45) is 4.13. The summed E-state index contributed by atoms with van der Waals surface area (Å²) in [6, 6.07) is 12.0. The van der Waals surface area contributed by atoms with Crippen LogP contribution in [0.2, 0.25) is 5.02 Å². The molecule has 2 fully saturated rings. The lowest BCUT2D eigenvalue weighted by atomic mass is 10.2. The van der Waals surface area contributed by atoms with E-state index in [1.807, 2.05) is 29.2 Å². The van der Waals surface area contributed by atoms with Crippen molar-refractivity contribution >= 4 is 17.6 Å². The van der Waals surface area contributed by atoms with Crippen LogP contribution >= 0.6 is 11.6 Å². The van der Waals surface area contributed by atoms with Gasteiger partial charge in [-0.3, -0.25) is 9.80 Å². The zero-order valence-corrected chi connectivity index (χ0v) is 17.5. The van der Waals surface area contributed by atoms with Crippen LogP contribution in [0, 0.1) is 0 Å². The third-order valence-corrected chi connectivity index (χ3v) is 6.13. The van der Waals surface area contributed by atoms with Gasteiger partial charge in [0.2, 0.25) is 0 Å². The molecule has 1 aromatic carbocycles. The Labute approximate surface area is 177 Å². The minimum Gasteiger partial charge on any atom is -0.468 e. The van der Waals surface area contributed by atoms with Gasteiger partial charge in [0.15, 0.2) is 0 Å². The number of nitrogens with one attached hydrogen (secondary N) is 1. The van der Waals surface area contributed by atoms with Gasteiger partial charge in [0, 0.05) is 44.3 Å². The summed E-state index contributed by atoms with van der Waals surface area (Å²) in [5, 5.41) is 3.90. The summed E-state index contributed by atoms with van der Waals surface area (Å²) >= 11 is 5.96. The topological polar surface area (TPSA) is 52.0 Å². The number of amides is 2. The normalized spacial score (nSPS) is 19.4. The van der Waals surface area contributed by atoms with Gasteiger partial charge < -0.3 is 14.6 Å². The molecule has 0 spiro atoms. The fourth-order valence-corrected chi connectivity index (χ4v) is 4.32. The van der Waals surface area contributed by atoms with Crippen molar-refractivity contribution in [3.05, 3.63) is 59.0 Å². The molecule has 2 aliphatic rings. The average molecular weight is 417 g/mol. The molecule has 1 atom stereocenters. The largest absolute Gasteiger partial charge is 0.468 e. The Hall–Kier alpha value is -2.02. The number of hydrogen-bond acceptors (Lipinski definition) is 4. The third-order valence-electron chi connectivity index (χ3n) is 5.88. The summed E-state index contributed by atoms with van der Waals surface area (Å²) < 4.78 is 5.64. The molecule has 2 amide bonds. The Bertz CT molecular complexity index is 767. The second-order valence-electron chi connectivity index (χ2n) is 7.85. The molecule has 3 heterocycles. The highest BCUT2D eigenvalue weighted by molar-refractivity contribution is 6.30. The molecule has 156 valence electrons. The number of halogens is 1. The number of piperazine rings is 1. The zero-order chi connectivity index (χ0) is 20.1. The van der Waals surface area contributed by atoms with Crippen molar-refractivity contribution in [1.82, 2.24) is 20.0 Å². The standard InChI is InChI=1S/C22H29ClN4O2/c23-19-7-5-18(6-8-19)17-25-11-13-27(14-12-25)22(28)24-16-20(21-4-3-15-29-21)26-9-1-2-10-26/h3-8,15,20H,1-2,9-14,16-17H2,(H,24,28)/t20-/m1/s1. The van der Waals surface area contributed by atoms with E-state index in [1.165, 1.54) is 18.4 Å². The number of hydrogen-bond donors (Lipinski definition) is 1. The monoisotopic (exact) mass is 416 g/mol. The average Bonchev–Trinajstić information content (AvgIpc) is 3.45. The first-order chi connectivity index (χ1) is 14.2. The molecule has 0 saturated carbocycles. The van der Waals surface area contributed by atoms with Gasteiger partial charge in [-0.1, -0.05) is 23.7 Å². The molecule has 4 rings (SSSR count). The number of urea groups is 1. The maximum Gasteiger partial charge on any atom is 0.317 e. The lowest BCUT2D eigenvalue weighted by Gasteiger charge is -2.35. The van der Waals surface area contributed by atoms with Gasteiger partial charge in [0.1, 0.15) is 5.76 Å². The van der Waals surface area contributed by atoms with Crippen molar-refractivity contribution in [3.63, 3.8) is 0 Å². The van der Waals surface area contributed by atoms with Crippen LogP contribution < -0.4 is 5.32 Å². The van der Waals surface area contributed by atoms with Crippen molar-refractivity contribution in [1.29, 1.82) is 0 Å². The van der Waals surface area contributed by atoms with E-state index >= 15 is 0 Å². The maximum atomic E-state index is 12.7. The van der Waals surface area contributed by atoms with Crippen LogP contribution in [0.5, 0.6) is 0 Å². The number of likely N-dealkylation sites (tertiary alicyclic amines) is 1. The van der Waals surface area contributed by atoms with Crippen LogP contribution in [-0.2, 0) is 6.54 Å². The van der Waals surface area contributed by atoms with Crippen molar-refractivity contribution < 1.29 is 9.21 Å². The Morgan fingerprint density at radius 2 is 1.76 bits per heavy atom. The molecule has 0 unspecified atom stereocenters. The van der Waals surface area contributed by atoms with Crippen LogP contribution in [0.25, 0.3) is 0 Å². The lowest BCUT2D eigenvalue weighted by molar-refractivity contribution is 0.131. The third kappa shape index (κ3) is 5.32. The van der Waals surface area contributed by atoms with E-state index < -0.39 is 0 Å². The van der Waals surface area contributed by atoms with Crippen molar-refractivity contribution in [2.45, 2.75) is 25.4 Å². The van der Waals surface area contributed by atoms with Gasteiger partial charge in [-0.15, -0.1) is 0 Å². The number of furan rings is 1. The Morgan fingerprint density at radius 1 is 1.03 bits per heavy atom. The van der Waals surface area contributed by atoms with Gasteiger partial charge in [0.05, 0.1) is 12.3 Å². The second-order valence-corrected chi connectivity index (χ2v) is 8.29. The van der Waals surface area contributed by atoms with Crippen LogP contribution in [0.15, 0.2) is 47.1 Å². The Kier molecular flexibility index (Phi) is 6.74.